The highest BCUT2D eigenvalue weighted by Crippen LogP contribution is 2.25. The number of non-ortho nitro benzene ring substituents is 1. The van der Waals surface area contributed by atoms with Crippen LogP contribution in [0.15, 0.2) is 48.5 Å². The van der Waals surface area contributed by atoms with Crippen LogP contribution in [0.3, 0.4) is 0 Å². The van der Waals surface area contributed by atoms with E-state index in [1.54, 1.807) is 17.0 Å². The van der Waals surface area contributed by atoms with Crippen molar-refractivity contribution in [1.29, 1.82) is 0 Å². The predicted octanol–water partition coefficient (Wildman–Crippen LogP) is 2.18. The standard InChI is InChI=1S/C17H17N3O3/c18-16(13-4-2-1-3-5-13)17(21)19-9-8-12-6-7-15(20(22)23)10-14(12)11-19/h1-7,10,16H,8-9,11,18H2/t16-/m0/s1. The van der Waals surface area contributed by atoms with Gasteiger partial charge in [-0.25, -0.2) is 0 Å². The van der Waals surface area contributed by atoms with E-state index in [0.717, 1.165) is 16.7 Å². The zero-order valence-corrected chi connectivity index (χ0v) is 12.5. The highest BCUT2D eigenvalue weighted by Gasteiger charge is 2.26. The van der Waals surface area contributed by atoms with Crippen LogP contribution in [-0.4, -0.2) is 22.3 Å². The molecule has 0 unspecified atom stereocenters. The van der Waals surface area contributed by atoms with E-state index < -0.39 is 11.0 Å². The van der Waals surface area contributed by atoms with Crippen molar-refractivity contribution >= 4 is 11.6 Å². The average molecular weight is 311 g/mol. The molecule has 1 amide bonds. The van der Waals surface area contributed by atoms with E-state index in [1.807, 2.05) is 30.3 Å². The fraction of sp³-hybridized carbons (Fsp3) is 0.235. The Labute approximate surface area is 133 Å². The van der Waals surface area contributed by atoms with Gasteiger partial charge in [-0.3, -0.25) is 14.9 Å². The summed E-state index contributed by atoms with van der Waals surface area (Å²) in [7, 11) is 0. The normalized spacial score (nSPS) is 14.9. The van der Waals surface area contributed by atoms with Gasteiger partial charge in [0.15, 0.2) is 0 Å². The number of nitro groups is 1. The fourth-order valence-electron chi connectivity index (χ4n) is 2.84. The van der Waals surface area contributed by atoms with E-state index in [9.17, 15) is 14.9 Å². The lowest BCUT2D eigenvalue weighted by molar-refractivity contribution is -0.385. The van der Waals surface area contributed by atoms with Crippen LogP contribution in [0.25, 0.3) is 0 Å². The van der Waals surface area contributed by atoms with Crippen molar-refractivity contribution in [3.05, 3.63) is 75.3 Å². The van der Waals surface area contributed by atoms with E-state index in [2.05, 4.69) is 0 Å². The Morgan fingerprint density at radius 1 is 1.17 bits per heavy atom. The first kappa shape index (κ1) is 15.2. The van der Waals surface area contributed by atoms with Gasteiger partial charge < -0.3 is 10.6 Å². The fourth-order valence-corrected chi connectivity index (χ4v) is 2.84. The lowest BCUT2D eigenvalue weighted by atomic mass is 9.97. The number of hydrogen-bond donors (Lipinski definition) is 1. The number of benzene rings is 2. The molecule has 0 saturated heterocycles. The van der Waals surface area contributed by atoms with Crippen molar-refractivity contribution in [3.8, 4) is 0 Å². The van der Waals surface area contributed by atoms with Crippen LogP contribution in [0, 0.1) is 10.1 Å². The Kier molecular flexibility index (Phi) is 4.08. The van der Waals surface area contributed by atoms with Gasteiger partial charge in [0.25, 0.3) is 5.69 Å². The molecule has 6 heteroatoms. The van der Waals surface area contributed by atoms with Gasteiger partial charge in [-0.1, -0.05) is 36.4 Å². The summed E-state index contributed by atoms with van der Waals surface area (Å²) in [5.41, 5.74) is 8.75. The number of carbonyl (C=O) groups is 1. The van der Waals surface area contributed by atoms with Gasteiger partial charge in [0.2, 0.25) is 5.91 Å². The third-order valence-electron chi connectivity index (χ3n) is 4.15. The topological polar surface area (TPSA) is 89.5 Å². The van der Waals surface area contributed by atoms with Crippen LogP contribution >= 0.6 is 0 Å². The average Bonchev–Trinajstić information content (AvgIpc) is 2.60. The molecule has 1 aliphatic rings. The first-order chi connectivity index (χ1) is 11.1. The number of amides is 1. The van der Waals surface area contributed by atoms with Crippen LogP contribution in [0.1, 0.15) is 22.7 Å². The van der Waals surface area contributed by atoms with Gasteiger partial charge in [-0.2, -0.15) is 0 Å². The summed E-state index contributed by atoms with van der Waals surface area (Å²) in [5.74, 6) is -0.159. The molecule has 0 aromatic heterocycles. The molecule has 2 N–H and O–H groups in total. The number of carbonyl (C=O) groups excluding carboxylic acids is 1. The van der Waals surface area contributed by atoms with Gasteiger partial charge in [-0.15, -0.1) is 0 Å². The zero-order valence-electron chi connectivity index (χ0n) is 12.5. The van der Waals surface area contributed by atoms with Gasteiger partial charge >= 0.3 is 0 Å². The number of nitrogens with zero attached hydrogens (tertiary/aromatic N) is 2. The first-order valence-corrected chi connectivity index (χ1v) is 7.42. The molecule has 1 aliphatic heterocycles. The molecule has 0 bridgehead atoms. The highest BCUT2D eigenvalue weighted by atomic mass is 16.6. The van der Waals surface area contributed by atoms with Gasteiger partial charge in [-0.05, 0) is 23.1 Å². The summed E-state index contributed by atoms with van der Waals surface area (Å²) >= 11 is 0. The van der Waals surface area contributed by atoms with Crippen LogP contribution in [-0.2, 0) is 17.8 Å². The Bertz CT molecular complexity index is 746. The Hall–Kier alpha value is -2.73. The SMILES string of the molecule is N[C@H](C(=O)N1CCc2ccc([N+](=O)[O-])cc2C1)c1ccccc1. The minimum absolute atomic E-state index is 0.0467. The number of rotatable bonds is 3. The minimum atomic E-state index is -0.712. The van der Waals surface area contributed by atoms with Gasteiger partial charge in [0.1, 0.15) is 6.04 Å². The molecular weight excluding hydrogens is 294 g/mol. The molecule has 0 spiro atoms. The predicted molar refractivity (Wildman–Crippen MR) is 85.6 cm³/mol. The van der Waals surface area contributed by atoms with E-state index in [4.69, 9.17) is 5.73 Å². The second kappa shape index (κ2) is 6.18. The van der Waals surface area contributed by atoms with Crippen molar-refractivity contribution in [1.82, 2.24) is 4.90 Å². The van der Waals surface area contributed by atoms with E-state index in [0.29, 0.717) is 19.5 Å². The molecule has 23 heavy (non-hydrogen) atoms. The molecule has 2 aromatic rings. The molecule has 2 aromatic carbocycles. The number of fused-ring (bicyclic) bond motifs is 1. The van der Waals surface area contributed by atoms with Gasteiger partial charge in [0.05, 0.1) is 4.92 Å². The largest absolute Gasteiger partial charge is 0.336 e. The molecule has 0 aliphatic carbocycles. The number of hydrogen-bond acceptors (Lipinski definition) is 4. The first-order valence-electron chi connectivity index (χ1n) is 7.42. The molecule has 0 saturated carbocycles. The molecule has 0 fully saturated rings. The summed E-state index contributed by atoms with van der Waals surface area (Å²) in [5, 5.41) is 10.9. The second-order valence-corrected chi connectivity index (χ2v) is 5.61. The summed E-state index contributed by atoms with van der Waals surface area (Å²) in [6.07, 6.45) is 0.681. The third-order valence-corrected chi connectivity index (χ3v) is 4.15. The van der Waals surface area contributed by atoms with Crippen molar-refractivity contribution in [2.24, 2.45) is 5.73 Å². The number of nitrogens with two attached hydrogens (primary N) is 1. The van der Waals surface area contributed by atoms with E-state index >= 15 is 0 Å². The van der Waals surface area contributed by atoms with Gasteiger partial charge in [0, 0.05) is 25.2 Å². The quantitative estimate of drug-likeness (QED) is 0.695. The smallest absolute Gasteiger partial charge is 0.269 e. The molecule has 1 heterocycles. The van der Waals surface area contributed by atoms with E-state index in [-0.39, 0.29) is 11.6 Å². The maximum atomic E-state index is 12.6. The van der Waals surface area contributed by atoms with Crippen molar-refractivity contribution < 1.29 is 9.72 Å². The molecular formula is C17H17N3O3. The third kappa shape index (κ3) is 3.07. The summed E-state index contributed by atoms with van der Waals surface area (Å²) in [6.45, 7) is 0.931. The minimum Gasteiger partial charge on any atom is -0.336 e. The van der Waals surface area contributed by atoms with Crippen LogP contribution in [0.2, 0.25) is 0 Å². The molecule has 6 nitrogen and oxygen atoms in total. The zero-order chi connectivity index (χ0) is 16.4. The maximum absolute atomic E-state index is 12.6. The molecule has 0 radical (unpaired) electrons. The lowest BCUT2D eigenvalue weighted by Gasteiger charge is -2.30. The second-order valence-electron chi connectivity index (χ2n) is 5.61. The summed E-state index contributed by atoms with van der Waals surface area (Å²) in [4.78, 5) is 24.7. The van der Waals surface area contributed by atoms with Crippen LogP contribution < -0.4 is 5.73 Å². The number of nitro benzene ring substituents is 1. The molecule has 118 valence electrons. The molecule has 3 rings (SSSR count). The molecule has 1 atom stereocenters. The Balaban J connectivity index is 1.79. The van der Waals surface area contributed by atoms with Crippen molar-refractivity contribution in [2.45, 2.75) is 19.0 Å². The lowest BCUT2D eigenvalue weighted by Crippen LogP contribution is -2.41. The van der Waals surface area contributed by atoms with E-state index in [1.165, 1.54) is 6.07 Å². The highest BCUT2D eigenvalue weighted by molar-refractivity contribution is 5.83. The summed E-state index contributed by atoms with van der Waals surface area (Å²) in [6, 6.07) is 13.3. The Morgan fingerprint density at radius 2 is 1.91 bits per heavy atom. The Morgan fingerprint density at radius 3 is 2.61 bits per heavy atom. The van der Waals surface area contributed by atoms with Crippen molar-refractivity contribution in [3.63, 3.8) is 0 Å². The monoisotopic (exact) mass is 311 g/mol. The van der Waals surface area contributed by atoms with Crippen LogP contribution in [0.5, 0.6) is 0 Å². The summed E-state index contributed by atoms with van der Waals surface area (Å²) < 4.78 is 0. The maximum Gasteiger partial charge on any atom is 0.269 e. The van der Waals surface area contributed by atoms with Crippen molar-refractivity contribution in [2.75, 3.05) is 6.54 Å². The van der Waals surface area contributed by atoms with Crippen LogP contribution in [0.4, 0.5) is 5.69 Å².